The first kappa shape index (κ1) is 13.3. The largest absolute Gasteiger partial charge is 0.368 e. The molecule has 0 unspecified atom stereocenters. The molecule has 1 saturated carbocycles. The van der Waals surface area contributed by atoms with Gasteiger partial charge in [0.25, 0.3) is 0 Å². The van der Waals surface area contributed by atoms with Gasteiger partial charge in [-0.05, 0) is 30.9 Å². The maximum Gasteiger partial charge on any atom is 0.163 e. The predicted molar refractivity (Wildman–Crippen MR) is 82.0 cm³/mol. The van der Waals surface area contributed by atoms with E-state index in [9.17, 15) is 0 Å². The van der Waals surface area contributed by atoms with Crippen molar-refractivity contribution >= 4 is 17.4 Å². The minimum absolute atomic E-state index is 0.579. The van der Waals surface area contributed by atoms with E-state index in [2.05, 4.69) is 15.3 Å². The zero-order valence-corrected chi connectivity index (χ0v) is 11.9. The fraction of sp³-hybridized carbons (Fsp3) is 0.333. The van der Waals surface area contributed by atoms with Crippen LogP contribution < -0.4 is 11.1 Å². The predicted octanol–water partition coefficient (Wildman–Crippen LogP) is 3.05. The van der Waals surface area contributed by atoms with E-state index in [1.165, 1.54) is 18.4 Å². The Bertz CT molecular complexity index is 611. The number of rotatable bonds is 5. The highest BCUT2D eigenvalue weighted by Crippen LogP contribution is 2.43. The highest BCUT2D eigenvalue weighted by atomic mass is 35.5. The monoisotopic (exact) mass is 288 g/mol. The molecular formula is C15H17ClN4. The van der Waals surface area contributed by atoms with Gasteiger partial charge in [-0.3, -0.25) is 0 Å². The van der Waals surface area contributed by atoms with Gasteiger partial charge in [0.05, 0.1) is 5.02 Å². The molecule has 1 heterocycles. The molecule has 2 aromatic rings. The number of aromatic nitrogens is 2. The number of hydrogen-bond acceptors (Lipinski definition) is 4. The molecule has 0 radical (unpaired) electrons. The summed E-state index contributed by atoms with van der Waals surface area (Å²) in [6.07, 6.45) is 4.35. The Balaban J connectivity index is 1.98. The molecule has 1 aromatic heterocycles. The number of halogens is 1. The SMILES string of the molecule is NCCNc1nc(-c2ccccc2Cl)ncc1C1CC1. The number of nitrogens with two attached hydrogens (primary N) is 1. The van der Waals surface area contributed by atoms with Crippen molar-refractivity contribution < 1.29 is 0 Å². The second kappa shape index (κ2) is 5.77. The molecule has 104 valence electrons. The summed E-state index contributed by atoms with van der Waals surface area (Å²) >= 11 is 6.21. The molecule has 5 heteroatoms. The van der Waals surface area contributed by atoms with E-state index in [0.29, 0.717) is 29.9 Å². The van der Waals surface area contributed by atoms with Crippen molar-refractivity contribution in [2.75, 3.05) is 18.4 Å². The van der Waals surface area contributed by atoms with Crippen LogP contribution in [0, 0.1) is 0 Å². The minimum atomic E-state index is 0.579. The number of benzene rings is 1. The summed E-state index contributed by atoms with van der Waals surface area (Å²) in [7, 11) is 0. The molecule has 0 amide bonds. The van der Waals surface area contributed by atoms with Crippen LogP contribution in [-0.2, 0) is 0 Å². The number of anilines is 1. The van der Waals surface area contributed by atoms with E-state index in [1.54, 1.807) is 0 Å². The zero-order chi connectivity index (χ0) is 13.9. The van der Waals surface area contributed by atoms with Crippen molar-refractivity contribution in [3.8, 4) is 11.4 Å². The van der Waals surface area contributed by atoms with Crippen LogP contribution in [0.25, 0.3) is 11.4 Å². The second-order valence-electron chi connectivity index (χ2n) is 4.97. The molecule has 4 nitrogen and oxygen atoms in total. The zero-order valence-electron chi connectivity index (χ0n) is 11.1. The average Bonchev–Trinajstić information content (AvgIpc) is 3.30. The molecule has 20 heavy (non-hydrogen) atoms. The van der Waals surface area contributed by atoms with Crippen LogP contribution in [-0.4, -0.2) is 23.1 Å². The summed E-state index contributed by atoms with van der Waals surface area (Å²) in [5.41, 5.74) is 7.61. The number of nitrogens with zero attached hydrogens (tertiary/aromatic N) is 2. The van der Waals surface area contributed by atoms with Crippen molar-refractivity contribution in [3.63, 3.8) is 0 Å². The summed E-state index contributed by atoms with van der Waals surface area (Å²) in [6.45, 7) is 1.29. The molecule has 0 aliphatic heterocycles. The van der Waals surface area contributed by atoms with Crippen LogP contribution in [0.3, 0.4) is 0 Å². The fourth-order valence-corrected chi connectivity index (χ4v) is 2.41. The van der Waals surface area contributed by atoms with Gasteiger partial charge in [-0.25, -0.2) is 9.97 Å². The molecule has 1 fully saturated rings. The third-order valence-corrected chi connectivity index (χ3v) is 3.72. The molecule has 0 spiro atoms. The average molecular weight is 289 g/mol. The Morgan fingerprint density at radius 2 is 2.10 bits per heavy atom. The highest BCUT2D eigenvalue weighted by molar-refractivity contribution is 6.33. The van der Waals surface area contributed by atoms with Gasteiger partial charge in [-0.2, -0.15) is 0 Å². The molecule has 0 saturated heterocycles. The van der Waals surface area contributed by atoms with Crippen molar-refractivity contribution in [1.82, 2.24) is 9.97 Å². The maximum atomic E-state index is 6.21. The van der Waals surface area contributed by atoms with Gasteiger partial charge < -0.3 is 11.1 Å². The highest BCUT2D eigenvalue weighted by Gasteiger charge is 2.27. The normalized spacial score (nSPS) is 14.3. The van der Waals surface area contributed by atoms with Crippen LogP contribution in [0.15, 0.2) is 30.5 Å². The number of nitrogens with one attached hydrogen (secondary N) is 1. The Labute approximate surface area is 123 Å². The van der Waals surface area contributed by atoms with Crippen LogP contribution in [0.4, 0.5) is 5.82 Å². The van der Waals surface area contributed by atoms with Crippen LogP contribution in [0.2, 0.25) is 5.02 Å². The second-order valence-corrected chi connectivity index (χ2v) is 5.37. The van der Waals surface area contributed by atoms with Crippen LogP contribution in [0.1, 0.15) is 24.3 Å². The van der Waals surface area contributed by atoms with E-state index in [-0.39, 0.29) is 0 Å². The summed E-state index contributed by atoms with van der Waals surface area (Å²) in [5.74, 6) is 2.14. The summed E-state index contributed by atoms with van der Waals surface area (Å²) < 4.78 is 0. The van der Waals surface area contributed by atoms with E-state index >= 15 is 0 Å². The molecule has 3 N–H and O–H groups in total. The molecule has 3 rings (SSSR count). The summed E-state index contributed by atoms with van der Waals surface area (Å²) in [5, 5.41) is 3.96. The van der Waals surface area contributed by atoms with Crippen LogP contribution in [0.5, 0.6) is 0 Å². The van der Waals surface area contributed by atoms with Gasteiger partial charge in [0.2, 0.25) is 0 Å². The lowest BCUT2D eigenvalue weighted by atomic mass is 10.1. The molecular weight excluding hydrogens is 272 g/mol. The van der Waals surface area contributed by atoms with Gasteiger partial charge in [0, 0.05) is 30.4 Å². The molecule has 1 aliphatic rings. The minimum Gasteiger partial charge on any atom is -0.368 e. The van der Waals surface area contributed by atoms with Crippen molar-refractivity contribution in [1.29, 1.82) is 0 Å². The fourth-order valence-electron chi connectivity index (χ4n) is 2.19. The smallest absolute Gasteiger partial charge is 0.163 e. The Morgan fingerprint density at radius 1 is 1.30 bits per heavy atom. The van der Waals surface area contributed by atoms with Crippen molar-refractivity contribution in [2.24, 2.45) is 5.73 Å². The Kier molecular flexibility index (Phi) is 3.85. The van der Waals surface area contributed by atoms with E-state index in [4.69, 9.17) is 17.3 Å². The third-order valence-electron chi connectivity index (χ3n) is 3.39. The standard InChI is InChI=1S/C15H17ClN4/c16-13-4-2-1-3-11(13)14-19-9-12(10-5-6-10)15(20-14)18-8-7-17/h1-4,9-10H,5-8,17H2,(H,18,19,20). The van der Waals surface area contributed by atoms with Gasteiger partial charge in [0.15, 0.2) is 5.82 Å². The summed E-state index contributed by atoms with van der Waals surface area (Å²) in [6, 6.07) is 7.62. The first-order chi connectivity index (χ1) is 9.79. The Hall–Kier alpha value is -1.65. The van der Waals surface area contributed by atoms with E-state index in [0.717, 1.165) is 11.4 Å². The quantitative estimate of drug-likeness (QED) is 0.887. The van der Waals surface area contributed by atoms with Gasteiger partial charge in [-0.1, -0.05) is 23.7 Å². The lowest BCUT2D eigenvalue weighted by Gasteiger charge is -2.11. The lowest BCUT2D eigenvalue weighted by Crippen LogP contribution is -2.15. The first-order valence-corrected chi connectivity index (χ1v) is 7.23. The Morgan fingerprint density at radius 3 is 2.80 bits per heavy atom. The first-order valence-electron chi connectivity index (χ1n) is 6.85. The molecule has 0 atom stereocenters. The van der Waals surface area contributed by atoms with E-state index < -0.39 is 0 Å². The molecule has 1 aliphatic carbocycles. The lowest BCUT2D eigenvalue weighted by molar-refractivity contribution is 0.977. The van der Waals surface area contributed by atoms with Gasteiger partial charge >= 0.3 is 0 Å². The van der Waals surface area contributed by atoms with Crippen molar-refractivity contribution in [2.45, 2.75) is 18.8 Å². The van der Waals surface area contributed by atoms with Crippen LogP contribution >= 0.6 is 11.6 Å². The molecule has 0 bridgehead atoms. The van der Waals surface area contributed by atoms with E-state index in [1.807, 2.05) is 30.5 Å². The van der Waals surface area contributed by atoms with Crippen molar-refractivity contribution in [3.05, 3.63) is 41.0 Å². The maximum absolute atomic E-state index is 6.21. The number of hydrogen-bond donors (Lipinski definition) is 2. The molecule has 1 aromatic carbocycles. The van der Waals surface area contributed by atoms with Gasteiger partial charge in [0.1, 0.15) is 5.82 Å². The topological polar surface area (TPSA) is 63.8 Å². The van der Waals surface area contributed by atoms with Gasteiger partial charge in [-0.15, -0.1) is 0 Å². The third kappa shape index (κ3) is 2.76. The summed E-state index contributed by atoms with van der Waals surface area (Å²) in [4.78, 5) is 9.11.